The van der Waals surface area contributed by atoms with Crippen molar-refractivity contribution < 1.29 is 24.2 Å². The zero-order chi connectivity index (χ0) is 16.9. The summed E-state index contributed by atoms with van der Waals surface area (Å²) in [5, 5.41) is 11.6. The van der Waals surface area contributed by atoms with Crippen LogP contribution in [-0.4, -0.2) is 28.9 Å². The molecule has 0 aliphatic heterocycles. The van der Waals surface area contributed by atoms with E-state index in [-0.39, 0.29) is 6.10 Å². The Hall–Kier alpha value is -2.24. The first-order valence-electron chi connectivity index (χ1n) is 7.07. The Morgan fingerprint density at radius 1 is 1.14 bits per heavy atom. The summed E-state index contributed by atoms with van der Waals surface area (Å²) in [4.78, 5) is 23.1. The molecule has 0 aromatic heterocycles. The molecule has 1 aromatic carbocycles. The van der Waals surface area contributed by atoms with Crippen LogP contribution in [0, 0.1) is 0 Å². The van der Waals surface area contributed by atoms with Crippen LogP contribution in [0.2, 0.25) is 0 Å². The van der Waals surface area contributed by atoms with Crippen LogP contribution < -0.4 is 10.1 Å². The number of hydrogen-bond acceptors (Lipinski definition) is 4. The fourth-order valence-corrected chi connectivity index (χ4v) is 1.72. The minimum absolute atomic E-state index is 0.0287. The predicted octanol–water partition coefficient (Wildman–Crippen LogP) is 3.12. The van der Waals surface area contributed by atoms with E-state index in [1.54, 1.807) is 45.0 Å². The summed E-state index contributed by atoms with van der Waals surface area (Å²) in [6.07, 6.45) is -0.747. The van der Waals surface area contributed by atoms with Gasteiger partial charge in [-0.05, 0) is 52.3 Å². The first kappa shape index (κ1) is 17.8. The number of rotatable bonds is 5. The Morgan fingerprint density at radius 2 is 1.68 bits per heavy atom. The first-order chi connectivity index (χ1) is 10.1. The largest absolute Gasteiger partial charge is 0.491 e. The molecule has 1 amide bonds. The van der Waals surface area contributed by atoms with Crippen molar-refractivity contribution in [1.29, 1.82) is 0 Å². The SMILES string of the molecule is CC(C)Oc1ccc([C@@H](NC(=O)OC(C)(C)C)C(=O)O)cc1. The Bertz CT molecular complexity index is 516. The highest BCUT2D eigenvalue weighted by molar-refractivity contribution is 5.81. The van der Waals surface area contributed by atoms with Crippen LogP contribution in [0.25, 0.3) is 0 Å². The molecule has 6 nitrogen and oxygen atoms in total. The van der Waals surface area contributed by atoms with Crippen LogP contribution in [0.4, 0.5) is 4.79 Å². The van der Waals surface area contributed by atoms with Gasteiger partial charge in [0.1, 0.15) is 11.4 Å². The van der Waals surface area contributed by atoms with E-state index in [1.807, 2.05) is 13.8 Å². The number of carbonyl (C=O) groups excluding carboxylic acids is 1. The van der Waals surface area contributed by atoms with Crippen molar-refractivity contribution in [3.63, 3.8) is 0 Å². The molecule has 0 radical (unpaired) electrons. The van der Waals surface area contributed by atoms with Gasteiger partial charge in [0.15, 0.2) is 6.04 Å². The maximum atomic E-state index is 11.7. The van der Waals surface area contributed by atoms with E-state index >= 15 is 0 Å². The number of aliphatic carboxylic acids is 1. The minimum Gasteiger partial charge on any atom is -0.491 e. The van der Waals surface area contributed by atoms with Crippen molar-refractivity contribution in [2.45, 2.75) is 52.4 Å². The van der Waals surface area contributed by atoms with Gasteiger partial charge in [-0.1, -0.05) is 12.1 Å². The number of nitrogens with one attached hydrogen (secondary N) is 1. The molecule has 1 rings (SSSR count). The molecule has 2 N–H and O–H groups in total. The van der Waals surface area contributed by atoms with Gasteiger partial charge in [-0.3, -0.25) is 0 Å². The summed E-state index contributed by atoms with van der Waals surface area (Å²) >= 11 is 0. The molecule has 0 unspecified atom stereocenters. The van der Waals surface area contributed by atoms with Crippen molar-refractivity contribution in [3.8, 4) is 5.75 Å². The van der Waals surface area contributed by atoms with E-state index in [0.29, 0.717) is 11.3 Å². The molecule has 0 bridgehead atoms. The third-order valence-corrected chi connectivity index (χ3v) is 2.49. The highest BCUT2D eigenvalue weighted by Crippen LogP contribution is 2.20. The van der Waals surface area contributed by atoms with Crippen LogP contribution in [0.3, 0.4) is 0 Å². The molecule has 0 heterocycles. The Kier molecular flexibility index (Phi) is 5.79. The number of ether oxygens (including phenoxy) is 2. The number of alkyl carbamates (subject to hydrolysis) is 1. The molecule has 0 aliphatic rings. The van der Waals surface area contributed by atoms with Gasteiger partial charge in [0.05, 0.1) is 6.10 Å². The van der Waals surface area contributed by atoms with Gasteiger partial charge in [-0.15, -0.1) is 0 Å². The molecular weight excluding hydrogens is 286 g/mol. The van der Waals surface area contributed by atoms with E-state index < -0.39 is 23.7 Å². The lowest BCUT2D eigenvalue weighted by molar-refractivity contribution is -0.139. The lowest BCUT2D eigenvalue weighted by atomic mass is 10.1. The zero-order valence-corrected chi connectivity index (χ0v) is 13.5. The zero-order valence-electron chi connectivity index (χ0n) is 13.5. The van der Waals surface area contributed by atoms with E-state index in [0.717, 1.165) is 0 Å². The molecule has 122 valence electrons. The second-order valence-electron chi connectivity index (χ2n) is 6.15. The van der Waals surface area contributed by atoms with Gasteiger partial charge < -0.3 is 19.9 Å². The summed E-state index contributed by atoms with van der Waals surface area (Å²) in [7, 11) is 0. The lowest BCUT2D eigenvalue weighted by Gasteiger charge is -2.22. The van der Waals surface area contributed by atoms with Crippen molar-refractivity contribution >= 4 is 12.1 Å². The Morgan fingerprint density at radius 3 is 2.09 bits per heavy atom. The first-order valence-corrected chi connectivity index (χ1v) is 7.07. The van der Waals surface area contributed by atoms with Gasteiger partial charge in [0.25, 0.3) is 0 Å². The fourth-order valence-electron chi connectivity index (χ4n) is 1.72. The van der Waals surface area contributed by atoms with E-state index in [9.17, 15) is 14.7 Å². The average Bonchev–Trinajstić information content (AvgIpc) is 2.34. The van der Waals surface area contributed by atoms with Gasteiger partial charge >= 0.3 is 12.1 Å². The maximum Gasteiger partial charge on any atom is 0.408 e. The summed E-state index contributed by atoms with van der Waals surface area (Å²) < 4.78 is 10.6. The number of carboxylic acid groups (broad SMARTS) is 1. The quantitative estimate of drug-likeness (QED) is 0.873. The standard InChI is InChI=1S/C16H23NO5/c1-10(2)21-12-8-6-11(7-9-12)13(14(18)19)17-15(20)22-16(3,4)5/h6-10,13H,1-5H3,(H,17,20)(H,18,19)/t13-/m1/s1. The second-order valence-corrected chi connectivity index (χ2v) is 6.15. The van der Waals surface area contributed by atoms with Crippen molar-refractivity contribution in [3.05, 3.63) is 29.8 Å². The van der Waals surface area contributed by atoms with E-state index in [1.165, 1.54) is 0 Å². The number of amides is 1. The van der Waals surface area contributed by atoms with Crippen LogP contribution in [0.15, 0.2) is 24.3 Å². The van der Waals surface area contributed by atoms with E-state index in [2.05, 4.69) is 5.32 Å². The van der Waals surface area contributed by atoms with Crippen molar-refractivity contribution in [2.24, 2.45) is 0 Å². The van der Waals surface area contributed by atoms with Gasteiger partial charge in [0.2, 0.25) is 0 Å². The maximum absolute atomic E-state index is 11.7. The molecule has 1 aromatic rings. The van der Waals surface area contributed by atoms with Gasteiger partial charge in [0, 0.05) is 0 Å². The molecule has 6 heteroatoms. The van der Waals surface area contributed by atoms with Crippen LogP contribution in [-0.2, 0) is 9.53 Å². The van der Waals surface area contributed by atoms with E-state index in [4.69, 9.17) is 9.47 Å². The summed E-state index contributed by atoms with van der Waals surface area (Å²) in [6, 6.07) is 5.37. The minimum atomic E-state index is -1.18. The Labute approximate surface area is 130 Å². The van der Waals surface area contributed by atoms with Crippen molar-refractivity contribution in [1.82, 2.24) is 5.32 Å². The average molecular weight is 309 g/mol. The topological polar surface area (TPSA) is 84.9 Å². The molecule has 0 saturated carbocycles. The van der Waals surface area contributed by atoms with Crippen LogP contribution >= 0.6 is 0 Å². The highest BCUT2D eigenvalue weighted by Gasteiger charge is 2.25. The summed E-state index contributed by atoms with van der Waals surface area (Å²) in [5.74, 6) is -0.524. The van der Waals surface area contributed by atoms with Gasteiger partial charge in [-0.2, -0.15) is 0 Å². The van der Waals surface area contributed by atoms with Crippen LogP contribution in [0.5, 0.6) is 5.75 Å². The Balaban J connectivity index is 2.83. The summed E-state index contributed by atoms with van der Waals surface area (Å²) in [6.45, 7) is 8.93. The number of carbonyl (C=O) groups is 2. The molecular formula is C16H23NO5. The highest BCUT2D eigenvalue weighted by atomic mass is 16.6. The van der Waals surface area contributed by atoms with Crippen molar-refractivity contribution in [2.75, 3.05) is 0 Å². The smallest absolute Gasteiger partial charge is 0.408 e. The third-order valence-electron chi connectivity index (χ3n) is 2.49. The molecule has 22 heavy (non-hydrogen) atoms. The monoisotopic (exact) mass is 309 g/mol. The summed E-state index contributed by atoms with van der Waals surface area (Å²) in [5.41, 5.74) is -0.253. The predicted molar refractivity (Wildman–Crippen MR) is 82.0 cm³/mol. The number of carboxylic acids is 1. The molecule has 0 fully saturated rings. The number of benzene rings is 1. The van der Waals surface area contributed by atoms with Crippen LogP contribution in [0.1, 0.15) is 46.2 Å². The lowest BCUT2D eigenvalue weighted by Crippen LogP contribution is -2.38. The number of hydrogen-bond donors (Lipinski definition) is 2. The molecule has 1 atom stereocenters. The molecule has 0 aliphatic carbocycles. The van der Waals surface area contributed by atoms with Gasteiger partial charge in [-0.25, -0.2) is 9.59 Å². The normalized spacial score (nSPS) is 12.6. The second kappa shape index (κ2) is 7.15. The fraction of sp³-hybridized carbons (Fsp3) is 0.500. The molecule has 0 spiro atoms. The molecule has 0 saturated heterocycles. The third kappa shape index (κ3) is 6.03.